The molecule has 0 aliphatic carbocycles. The maximum absolute atomic E-state index is 13.3. The van der Waals surface area contributed by atoms with Crippen molar-refractivity contribution in [2.24, 2.45) is 0 Å². The molecule has 1 heterocycles. The van der Waals surface area contributed by atoms with Gasteiger partial charge in [0.05, 0.1) is 5.02 Å². The van der Waals surface area contributed by atoms with E-state index < -0.39 is 5.82 Å². The van der Waals surface area contributed by atoms with Crippen molar-refractivity contribution in [3.63, 3.8) is 0 Å². The molecular formula is C14H11ClFNO2. The highest BCUT2D eigenvalue weighted by atomic mass is 35.5. The van der Waals surface area contributed by atoms with Crippen LogP contribution >= 0.6 is 11.6 Å². The van der Waals surface area contributed by atoms with Crippen molar-refractivity contribution in [1.29, 1.82) is 0 Å². The van der Waals surface area contributed by atoms with E-state index in [4.69, 9.17) is 21.1 Å². The predicted octanol–water partition coefficient (Wildman–Crippen LogP) is 3.82. The Labute approximate surface area is 114 Å². The summed E-state index contributed by atoms with van der Waals surface area (Å²) in [7, 11) is 0. The summed E-state index contributed by atoms with van der Waals surface area (Å²) in [6, 6.07) is 10.3. The Kier molecular flexibility index (Phi) is 3.17. The van der Waals surface area contributed by atoms with Crippen molar-refractivity contribution in [2.45, 2.75) is 6.54 Å². The van der Waals surface area contributed by atoms with Gasteiger partial charge in [-0.05, 0) is 35.9 Å². The van der Waals surface area contributed by atoms with Crippen LogP contribution in [0.4, 0.5) is 10.1 Å². The van der Waals surface area contributed by atoms with E-state index in [2.05, 4.69) is 5.32 Å². The molecule has 0 bridgehead atoms. The molecule has 3 rings (SSSR count). The Morgan fingerprint density at radius 2 is 1.95 bits per heavy atom. The molecule has 0 spiro atoms. The molecule has 0 saturated heterocycles. The molecule has 0 amide bonds. The molecule has 1 N–H and O–H groups in total. The van der Waals surface area contributed by atoms with E-state index >= 15 is 0 Å². The first-order valence-electron chi connectivity index (χ1n) is 5.80. The van der Waals surface area contributed by atoms with Crippen molar-refractivity contribution in [3.8, 4) is 11.5 Å². The minimum atomic E-state index is -0.433. The van der Waals surface area contributed by atoms with E-state index in [0.717, 1.165) is 17.1 Å². The van der Waals surface area contributed by atoms with E-state index in [1.165, 1.54) is 12.1 Å². The Morgan fingerprint density at radius 1 is 1.11 bits per heavy atom. The summed E-state index contributed by atoms with van der Waals surface area (Å²) in [5.41, 5.74) is 1.71. The first-order chi connectivity index (χ1) is 9.22. The Morgan fingerprint density at radius 3 is 2.79 bits per heavy atom. The summed E-state index contributed by atoms with van der Waals surface area (Å²) in [5, 5.41) is 3.24. The number of anilines is 1. The van der Waals surface area contributed by atoms with Gasteiger partial charge in [0.1, 0.15) is 5.82 Å². The third kappa shape index (κ3) is 2.58. The molecule has 5 heteroatoms. The summed E-state index contributed by atoms with van der Waals surface area (Å²) in [5.74, 6) is 1.06. The Balaban J connectivity index is 1.70. The average molecular weight is 280 g/mol. The van der Waals surface area contributed by atoms with E-state index in [1.807, 2.05) is 18.2 Å². The first-order valence-corrected chi connectivity index (χ1v) is 6.17. The lowest BCUT2D eigenvalue weighted by molar-refractivity contribution is 0.174. The zero-order chi connectivity index (χ0) is 13.2. The number of benzene rings is 2. The SMILES string of the molecule is Fc1cc(NCc2ccc3c(c2)OCO3)ccc1Cl. The molecular weight excluding hydrogens is 269 g/mol. The predicted molar refractivity (Wildman–Crippen MR) is 71.3 cm³/mol. The third-order valence-corrected chi connectivity index (χ3v) is 3.16. The van der Waals surface area contributed by atoms with Crippen molar-refractivity contribution in [1.82, 2.24) is 0 Å². The standard InChI is InChI=1S/C14H11ClFNO2/c15-11-3-2-10(6-12(11)16)17-7-9-1-4-13-14(5-9)19-8-18-13/h1-6,17H,7-8H2. The van der Waals surface area contributed by atoms with Crippen LogP contribution in [-0.4, -0.2) is 6.79 Å². The van der Waals surface area contributed by atoms with Crippen molar-refractivity contribution >= 4 is 17.3 Å². The monoisotopic (exact) mass is 279 g/mol. The number of hydrogen-bond donors (Lipinski definition) is 1. The Bertz CT molecular complexity index is 618. The summed E-state index contributed by atoms with van der Waals surface area (Å²) in [4.78, 5) is 0. The molecule has 1 aliphatic rings. The van der Waals surface area contributed by atoms with Crippen LogP contribution in [0, 0.1) is 5.82 Å². The van der Waals surface area contributed by atoms with Gasteiger partial charge in [-0.15, -0.1) is 0 Å². The minimum Gasteiger partial charge on any atom is -0.454 e. The van der Waals surface area contributed by atoms with Crippen LogP contribution in [0.25, 0.3) is 0 Å². The number of fused-ring (bicyclic) bond motifs is 1. The maximum Gasteiger partial charge on any atom is 0.231 e. The van der Waals surface area contributed by atoms with Gasteiger partial charge in [0, 0.05) is 12.2 Å². The van der Waals surface area contributed by atoms with E-state index in [9.17, 15) is 4.39 Å². The molecule has 0 radical (unpaired) electrons. The second-order valence-corrected chi connectivity index (χ2v) is 4.58. The van der Waals surface area contributed by atoms with Crippen molar-refractivity contribution in [2.75, 3.05) is 12.1 Å². The zero-order valence-electron chi connectivity index (χ0n) is 9.95. The largest absolute Gasteiger partial charge is 0.454 e. The lowest BCUT2D eigenvalue weighted by Gasteiger charge is -2.08. The third-order valence-electron chi connectivity index (χ3n) is 2.85. The number of hydrogen-bond acceptors (Lipinski definition) is 3. The second kappa shape index (κ2) is 4.97. The normalized spacial score (nSPS) is 12.5. The minimum absolute atomic E-state index is 0.119. The highest BCUT2D eigenvalue weighted by molar-refractivity contribution is 6.30. The molecule has 98 valence electrons. The quantitative estimate of drug-likeness (QED) is 0.926. The molecule has 2 aromatic rings. The molecule has 3 nitrogen and oxygen atoms in total. The number of ether oxygens (including phenoxy) is 2. The lowest BCUT2D eigenvalue weighted by Crippen LogP contribution is -1.99. The van der Waals surface area contributed by atoms with Gasteiger partial charge in [-0.1, -0.05) is 17.7 Å². The fraction of sp³-hybridized carbons (Fsp3) is 0.143. The average Bonchev–Trinajstić information content (AvgIpc) is 2.87. The molecule has 0 unspecified atom stereocenters. The van der Waals surface area contributed by atoms with Crippen LogP contribution in [0.1, 0.15) is 5.56 Å². The van der Waals surface area contributed by atoms with Crippen LogP contribution in [0.3, 0.4) is 0 Å². The molecule has 0 fully saturated rings. The van der Waals surface area contributed by atoms with Gasteiger partial charge in [0.25, 0.3) is 0 Å². The molecule has 19 heavy (non-hydrogen) atoms. The molecule has 0 saturated carbocycles. The van der Waals surface area contributed by atoms with Crippen molar-refractivity contribution < 1.29 is 13.9 Å². The molecule has 0 aromatic heterocycles. The van der Waals surface area contributed by atoms with Crippen LogP contribution in [-0.2, 0) is 6.54 Å². The summed E-state index contributed by atoms with van der Waals surface area (Å²) in [6.45, 7) is 0.826. The summed E-state index contributed by atoms with van der Waals surface area (Å²) < 4.78 is 23.8. The fourth-order valence-electron chi connectivity index (χ4n) is 1.86. The lowest BCUT2D eigenvalue weighted by atomic mass is 10.2. The van der Waals surface area contributed by atoms with Gasteiger partial charge in [-0.2, -0.15) is 0 Å². The first kappa shape index (κ1) is 12.1. The van der Waals surface area contributed by atoms with E-state index in [0.29, 0.717) is 12.2 Å². The van der Waals surface area contributed by atoms with Crippen LogP contribution in [0.5, 0.6) is 11.5 Å². The second-order valence-electron chi connectivity index (χ2n) is 4.17. The smallest absolute Gasteiger partial charge is 0.231 e. The topological polar surface area (TPSA) is 30.5 Å². The Hall–Kier alpha value is -1.94. The highest BCUT2D eigenvalue weighted by Crippen LogP contribution is 2.32. The van der Waals surface area contributed by atoms with Crippen molar-refractivity contribution in [3.05, 3.63) is 52.8 Å². The number of nitrogens with one attached hydrogen (secondary N) is 1. The fourth-order valence-corrected chi connectivity index (χ4v) is 1.98. The zero-order valence-corrected chi connectivity index (χ0v) is 10.7. The number of halogens is 2. The summed E-state index contributed by atoms with van der Waals surface area (Å²) in [6.07, 6.45) is 0. The van der Waals surface area contributed by atoms with Gasteiger partial charge in [-0.25, -0.2) is 4.39 Å². The highest BCUT2D eigenvalue weighted by Gasteiger charge is 2.12. The van der Waals surface area contributed by atoms with E-state index in [-0.39, 0.29) is 11.8 Å². The van der Waals surface area contributed by atoms with Gasteiger partial charge >= 0.3 is 0 Å². The van der Waals surface area contributed by atoms with Crippen LogP contribution < -0.4 is 14.8 Å². The van der Waals surface area contributed by atoms with Gasteiger partial charge < -0.3 is 14.8 Å². The van der Waals surface area contributed by atoms with E-state index in [1.54, 1.807) is 6.07 Å². The molecule has 0 atom stereocenters. The molecule has 1 aliphatic heterocycles. The van der Waals surface area contributed by atoms with Gasteiger partial charge in [0.15, 0.2) is 11.5 Å². The van der Waals surface area contributed by atoms with Crippen LogP contribution in [0.2, 0.25) is 5.02 Å². The van der Waals surface area contributed by atoms with Gasteiger partial charge in [-0.3, -0.25) is 0 Å². The van der Waals surface area contributed by atoms with Crippen LogP contribution in [0.15, 0.2) is 36.4 Å². The van der Waals surface area contributed by atoms with Gasteiger partial charge in [0.2, 0.25) is 6.79 Å². The maximum atomic E-state index is 13.3. The molecule has 2 aromatic carbocycles. The number of rotatable bonds is 3. The summed E-state index contributed by atoms with van der Waals surface area (Å²) >= 11 is 5.63.